The van der Waals surface area contributed by atoms with Gasteiger partial charge >= 0.3 is 5.97 Å². The molecule has 23 heavy (non-hydrogen) atoms. The van der Waals surface area contributed by atoms with Crippen LogP contribution < -0.4 is 0 Å². The van der Waals surface area contributed by atoms with Crippen LogP contribution in [-0.4, -0.2) is 27.2 Å². The average Bonchev–Trinajstić information content (AvgIpc) is 2.99. The summed E-state index contributed by atoms with van der Waals surface area (Å²) in [7, 11) is 0. The summed E-state index contributed by atoms with van der Waals surface area (Å²) in [5.41, 5.74) is 1.01. The molecule has 0 aliphatic rings. The quantitative estimate of drug-likeness (QED) is 0.549. The summed E-state index contributed by atoms with van der Waals surface area (Å²) in [6.07, 6.45) is 2.30. The van der Waals surface area contributed by atoms with Gasteiger partial charge in [-0.1, -0.05) is 6.07 Å². The van der Waals surface area contributed by atoms with E-state index in [-0.39, 0.29) is 11.3 Å². The number of fused-ring (bicyclic) bond motifs is 1. The highest BCUT2D eigenvalue weighted by atomic mass is 19.1. The van der Waals surface area contributed by atoms with Crippen molar-refractivity contribution in [2.24, 2.45) is 0 Å². The van der Waals surface area contributed by atoms with E-state index in [9.17, 15) is 14.0 Å². The number of halogens is 1. The van der Waals surface area contributed by atoms with Gasteiger partial charge in [0, 0.05) is 18.0 Å². The van der Waals surface area contributed by atoms with Crippen LogP contribution in [-0.2, 0) is 4.74 Å². The molecule has 0 radical (unpaired) electrons. The molecule has 3 aromatic rings. The number of nitrogens with zero attached hydrogens (tertiary/aromatic N) is 2. The summed E-state index contributed by atoms with van der Waals surface area (Å²) in [5, 5.41) is 0. The van der Waals surface area contributed by atoms with Crippen molar-refractivity contribution in [3.05, 3.63) is 71.9 Å². The summed E-state index contributed by atoms with van der Waals surface area (Å²) in [4.78, 5) is 28.4. The molecule has 0 bridgehead atoms. The number of pyridine rings is 1. The molecule has 1 atom stereocenters. The zero-order chi connectivity index (χ0) is 16.4. The molecule has 3 rings (SSSR count). The van der Waals surface area contributed by atoms with Gasteiger partial charge in [-0.05, 0) is 43.3 Å². The monoisotopic (exact) mass is 312 g/mol. The minimum Gasteiger partial charge on any atom is -0.449 e. The van der Waals surface area contributed by atoms with Gasteiger partial charge in [-0.15, -0.1) is 0 Å². The van der Waals surface area contributed by atoms with E-state index in [0.29, 0.717) is 5.65 Å². The summed E-state index contributed by atoms with van der Waals surface area (Å²) in [6, 6.07) is 10.4. The van der Waals surface area contributed by atoms with E-state index in [4.69, 9.17) is 4.74 Å². The van der Waals surface area contributed by atoms with E-state index in [1.54, 1.807) is 22.7 Å². The first kappa shape index (κ1) is 14.9. The Labute approximate surface area is 131 Å². The summed E-state index contributed by atoms with van der Waals surface area (Å²) < 4.78 is 19.7. The highest BCUT2D eigenvalue weighted by Crippen LogP contribution is 2.11. The predicted octanol–water partition coefficient (Wildman–Crippen LogP) is 2.90. The topological polar surface area (TPSA) is 60.7 Å². The van der Waals surface area contributed by atoms with Crippen molar-refractivity contribution >= 4 is 17.4 Å². The highest BCUT2D eigenvalue weighted by Gasteiger charge is 2.22. The van der Waals surface area contributed by atoms with E-state index < -0.39 is 23.7 Å². The lowest BCUT2D eigenvalue weighted by atomic mass is 10.1. The van der Waals surface area contributed by atoms with Crippen LogP contribution >= 0.6 is 0 Å². The zero-order valence-corrected chi connectivity index (χ0v) is 12.3. The van der Waals surface area contributed by atoms with Gasteiger partial charge in [-0.3, -0.25) is 4.79 Å². The number of esters is 1. The third kappa shape index (κ3) is 3.11. The molecule has 5 nitrogen and oxygen atoms in total. The van der Waals surface area contributed by atoms with Crippen LogP contribution in [0.5, 0.6) is 0 Å². The predicted molar refractivity (Wildman–Crippen MR) is 80.8 cm³/mol. The van der Waals surface area contributed by atoms with Crippen molar-refractivity contribution in [3.63, 3.8) is 0 Å². The molecule has 0 aliphatic carbocycles. The normalized spacial score (nSPS) is 12.1. The fourth-order valence-corrected chi connectivity index (χ4v) is 2.16. The number of benzene rings is 1. The molecule has 0 saturated heterocycles. The van der Waals surface area contributed by atoms with E-state index in [0.717, 1.165) is 0 Å². The van der Waals surface area contributed by atoms with Crippen LogP contribution in [0.3, 0.4) is 0 Å². The maximum atomic E-state index is 12.9. The largest absolute Gasteiger partial charge is 0.449 e. The molecule has 116 valence electrons. The van der Waals surface area contributed by atoms with Gasteiger partial charge in [0.25, 0.3) is 0 Å². The second-order valence-electron chi connectivity index (χ2n) is 5.01. The van der Waals surface area contributed by atoms with Gasteiger partial charge in [0.05, 0.1) is 0 Å². The second kappa shape index (κ2) is 6.00. The number of ketones is 1. The Hall–Kier alpha value is -3.02. The summed E-state index contributed by atoms with van der Waals surface area (Å²) >= 11 is 0. The first-order valence-electron chi connectivity index (χ1n) is 6.99. The minimum atomic E-state index is -0.988. The molecule has 1 unspecified atom stereocenters. The van der Waals surface area contributed by atoms with Gasteiger partial charge in [0.2, 0.25) is 5.78 Å². The lowest BCUT2D eigenvalue weighted by Crippen LogP contribution is -2.24. The van der Waals surface area contributed by atoms with Gasteiger partial charge in [0.1, 0.15) is 11.5 Å². The maximum Gasteiger partial charge on any atom is 0.359 e. The molecule has 0 saturated carbocycles. The Bertz CT molecular complexity index is 838. The van der Waals surface area contributed by atoms with E-state index >= 15 is 0 Å². The van der Waals surface area contributed by atoms with Gasteiger partial charge < -0.3 is 9.14 Å². The van der Waals surface area contributed by atoms with Crippen molar-refractivity contribution in [2.45, 2.75) is 13.0 Å². The number of hydrogen-bond donors (Lipinski definition) is 0. The van der Waals surface area contributed by atoms with Crippen molar-refractivity contribution < 1.29 is 18.7 Å². The Balaban J connectivity index is 1.73. The van der Waals surface area contributed by atoms with Crippen molar-refractivity contribution in [1.82, 2.24) is 9.38 Å². The third-order valence-electron chi connectivity index (χ3n) is 3.35. The van der Waals surface area contributed by atoms with Crippen molar-refractivity contribution in [3.8, 4) is 0 Å². The Morgan fingerprint density at radius 2 is 1.91 bits per heavy atom. The Kier molecular flexibility index (Phi) is 3.89. The average molecular weight is 312 g/mol. The number of ether oxygens (including phenoxy) is 1. The molecule has 6 heteroatoms. The van der Waals surface area contributed by atoms with Crippen LogP contribution in [0.1, 0.15) is 27.8 Å². The lowest BCUT2D eigenvalue weighted by molar-refractivity contribution is 0.0313. The third-order valence-corrected chi connectivity index (χ3v) is 3.35. The van der Waals surface area contributed by atoms with Gasteiger partial charge in [-0.25, -0.2) is 14.2 Å². The molecule has 2 heterocycles. The fraction of sp³-hybridized carbons (Fsp3) is 0.118. The van der Waals surface area contributed by atoms with Crippen LogP contribution in [0.25, 0.3) is 5.65 Å². The zero-order valence-electron chi connectivity index (χ0n) is 12.3. The standard InChI is InChI=1S/C17H13FN2O3/c1-11(16(21)12-5-7-13(18)8-6-12)23-17(22)14-10-20-9-3-2-4-15(20)19-14/h2-11H,1H3. The van der Waals surface area contributed by atoms with Crippen molar-refractivity contribution in [1.29, 1.82) is 0 Å². The van der Waals surface area contributed by atoms with Crippen LogP contribution in [0.2, 0.25) is 0 Å². The first-order chi connectivity index (χ1) is 11.0. The Morgan fingerprint density at radius 1 is 1.17 bits per heavy atom. The molecular formula is C17H13FN2O3. The van der Waals surface area contributed by atoms with Gasteiger partial charge in [-0.2, -0.15) is 0 Å². The number of aromatic nitrogens is 2. The number of rotatable bonds is 4. The molecule has 0 spiro atoms. The molecule has 1 aromatic carbocycles. The minimum absolute atomic E-state index is 0.120. The summed E-state index contributed by atoms with van der Waals surface area (Å²) in [6.45, 7) is 1.47. The lowest BCUT2D eigenvalue weighted by Gasteiger charge is -2.11. The van der Waals surface area contributed by atoms with Crippen LogP contribution in [0, 0.1) is 5.82 Å². The SMILES string of the molecule is CC(OC(=O)c1cn2ccccc2n1)C(=O)c1ccc(F)cc1. The first-order valence-corrected chi connectivity index (χ1v) is 6.99. The Morgan fingerprint density at radius 3 is 2.61 bits per heavy atom. The molecule has 0 fully saturated rings. The van der Waals surface area contributed by atoms with Crippen LogP contribution in [0.4, 0.5) is 4.39 Å². The van der Waals surface area contributed by atoms with E-state index in [1.807, 2.05) is 6.07 Å². The molecule has 0 amide bonds. The molecule has 2 aromatic heterocycles. The number of carbonyl (C=O) groups excluding carboxylic acids is 2. The number of carbonyl (C=O) groups is 2. The van der Waals surface area contributed by atoms with E-state index in [2.05, 4.69) is 4.98 Å². The molecule has 0 N–H and O–H groups in total. The van der Waals surface area contributed by atoms with Crippen LogP contribution in [0.15, 0.2) is 54.9 Å². The van der Waals surface area contributed by atoms with E-state index in [1.165, 1.54) is 37.4 Å². The van der Waals surface area contributed by atoms with Gasteiger partial charge in [0.15, 0.2) is 11.8 Å². The fourth-order valence-electron chi connectivity index (χ4n) is 2.16. The molecular weight excluding hydrogens is 299 g/mol. The highest BCUT2D eigenvalue weighted by molar-refractivity contribution is 6.01. The summed E-state index contributed by atoms with van der Waals surface area (Å²) in [5.74, 6) is -1.52. The smallest absolute Gasteiger partial charge is 0.359 e. The maximum absolute atomic E-state index is 12.9. The molecule has 0 aliphatic heterocycles. The number of hydrogen-bond acceptors (Lipinski definition) is 4. The number of Topliss-reactive ketones (excluding diaryl/α,β-unsaturated/α-hetero) is 1. The number of imidazole rings is 1. The second-order valence-corrected chi connectivity index (χ2v) is 5.01. The van der Waals surface area contributed by atoms with Crippen molar-refractivity contribution in [2.75, 3.05) is 0 Å².